The van der Waals surface area contributed by atoms with E-state index in [9.17, 15) is 4.79 Å². The maximum atomic E-state index is 10.1. The average Bonchev–Trinajstić information content (AvgIpc) is 2.09. The highest BCUT2D eigenvalue weighted by atomic mass is 16.7. The summed E-state index contributed by atoms with van der Waals surface area (Å²) in [6.07, 6.45) is 0.185. The Morgan fingerprint density at radius 1 is 1.82 bits per heavy atom. The summed E-state index contributed by atoms with van der Waals surface area (Å²) in [6.45, 7) is 1.68. The summed E-state index contributed by atoms with van der Waals surface area (Å²) in [5.74, 6) is 0.278. The first-order chi connectivity index (χ1) is 5.09. The molecule has 5 heteroatoms. The van der Waals surface area contributed by atoms with Crippen LogP contribution in [0.1, 0.15) is 5.69 Å². The van der Waals surface area contributed by atoms with Crippen molar-refractivity contribution in [3.8, 4) is 5.75 Å². The van der Waals surface area contributed by atoms with E-state index in [1.807, 2.05) is 0 Å². The SMILES string of the molecule is Cc1nn(C)cc1OC(=O)O. The van der Waals surface area contributed by atoms with Gasteiger partial charge < -0.3 is 9.84 Å². The van der Waals surface area contributed by atoms with Crippen LogP contribution in [0.15, 0.2) is 6.20 Å². The molecule has 0 unspecified atom stereocenters. The van der Waals surface area contributed by atoms with Crippen LogP contribution in [0, 0.1) is 6.92 Å². The van der Waals surface area contributed by atoms with Crippen LogP contribution in [-0.2, 0) is 7.05 Å². The molecule has 0 aliphatic rings. The second kappa shape index (κ2) is 2.61. The summed E-state index contributed by atoms with van der Waals surface area (Å²) in [7, 11) is 1.70. The first-order valence-corrected chi connectivity index (χ1v) is 3.00. The van der Waals surface area contributed by atoms with Crippen LogP contribution in [0.5, 0.6) is 5.75 Å². The molecule has 0 aliphatic heterocycles. The van der Waals surface area contributed by atoms with Crippen LogP contribution in [0.2, 0.25) is 0 Å². The van der Waals surface area contributed by atoms with Crippen LogP contribution in [0.3, 0.4) is 0 Å². The van der Waals surface area contributed by atoms with Gasteiger partial charge in [-0.1, -0.05) is 0 Å². The zero-order valence-corrected chi connectivity index (χ0v) is 6.24. The van der Waals surface area contributed by atoms with E-state index < -0.39 is 6.16 Å². The second-order valence-electron chi connectivity index (χ2n) is 2.12. The fourth-order valence-corrected chi connectivity index (χ4v) is 0.772. The molecule has 1 N–H and O–H groups in total. The Kier molecular flexibility index (Phi) is 1.80. The molecule has 5 nitrogen and oxygen atoms in total. The van der Waals surface area contributed by atoms with Gasteiger partial charge in [0, 0.05) is 7.05 Å². The van der Waals surface area contributed by atoms with Gasteiger partial charge in [0.2, 0.25) is 0 Å². The Hall–Kier alpha value is -1.52. The van der Waals surface area contributed by atoms with Crippen molar-refractivity contribution >= 4 is 6.16 Å². The number of rotatable bonds is 1. The smallest absolute Gasteiger partial charge is 0.449 e. The lowest BCUT2D eigenvalue weighted by atomic mass is 10.4. The summed E-state index contributed by atoms with van der Waals surface area (Å²) < 4.78 is 5.89. The largest absolute Gasteiger partial charge is 0.511 e. The Morgan fingerprint density at radius 3 is 2.82 bits per heavy atom. The highest BCUT2D eigenvalue weighted by Crippen LogP contribution is 2.14. The van der Waals surface area contributed by atoms with Crippen molar-refractivity contribution in [3.05, 3.63) is 11.9 Å². The summed E-state index contributed by atoms with van der Waals surface area (Å²) >= 11 is 0. The lowest BCUT2D eigenvalue weighted by Crippen LogP contribution is -2.02. The van der Waals surface area contributed by atoms with E-state index in [0.29, 0.717) is 5.69 Å². The summed E-state index contributed by atoms with van der Waals surface area (Å²) in [6, 6.07) is 0. The van der Waals surface area contributed by atoms with Crippen LogP contribution >= 0.6 is 0 Å². The van der Waals surface area contributed by atoms with Crippen molar-refractivity contribution in [2.24, 2.45) is 7.05 Å². The average molecular weight is 156 g/mol. The minimum atomic E-state index is -1.32. The van der Waals surface area contributed by atoms with E-state index in [1.165, 1.54) is 10.9 Å². The maximum Gasteiger partial charge on any atom is 0.511 e. The number of hydrogen-bond acceptors (Lipinski definition) is 3. The van der Waals surface area contributed by atoms with Gasteiger partial charge in [-0.3, -0.25) is 4.68 Å². The van der Waals surface area contributed by atoms with Crippen LogP contribution < -0.4 is 4.74 Å². The number of aromatic nitrogens is 2. The van der Waals surface area contributed by atoms with Crippen molar-refractivity contribution in [2.45, 2.75) is 6.92 Å². The van der Waals surface area contributed by atoms with Gasteiger partial charge in [-0.15, -0.1) is 0 Å². The first-order valence-electron chi connectivity index (χ1n) is 3.00. The predicted molar refractivity (Wildman–Crippen MR) is 36.6 cm³/mol. The summed E-state index contributed by atoms with van der Waals surface area (Å²) in [5, 5.41) is 12.1. The molecule has 1 heterocycles. The van der Waals surface area contributed by atoms with Gasteiger partial charge in [0.15, 0.2) is 5.75 Å². The monoisotopic (exact) mass is 156 g/mol. The zero-order chi connectivity index (χ0) is 8.43. The fraction of sp³-hybridized carbons (Fsp3) is 0.333. The number of carbonyl (C=O) groups is 1. The molecule has 0 spiro atoms. The molecule has 0 aliphatic carbocycles. The minimum Gasteiger partial charge on any atom is -0.449 e. The number of carboxylic acid groups (broad SMARTS) is 1. The van der Waals surface area contributed by atoms with Crippen LogP contribution in [0.4, 0.5) is 4.79 Å². The molecule has 0 aromatic carbocycles. The number of aryl methyl sites for hydroxylation is 2. The molecule has 0 amide bonds. The van der Waals surface area contributed by atoms with Gasteiger partial charge in [0.1, 0.15) is 5.69 Å². The molecule has 60 valence electrons. The van der Waals surface area contributed by atoms with Crippen LogP contribution in [0.25, 0.3) is 0 Å². The normalized spacial score (nSPS) is 9.64. The van der Waals surface area contributed by atoms with Crippen molar-refractivity contribution < 1.29 is 14.6 Å². The van der Waals surface area contributed by atoms with Gasteiger partial charge in [-0.05, 0) is 6.92 Å². The quantitative estimate of drug-likeness (QED) is 0.610. The molecule has 1 aromatic rings. The molecule has 0 bridgehead atoms. The van der Waals surface area contributed by atoms with Gasteiger partial charge in [-0.25, -0.2) is 4.79 Å². The van der Waals surface area contributed by atoms with E-state index in [0.717, 1.165) is 0 Å². The molecule has 0 atom stereocenters. The highest BCUT2D eigenvalue weighted by Gasteiger charge is 2.07. The molecule has 0 saturated heterocycles. The third kappa shape index (κ3) is 1.70. The number of ether oxygens (including phenoxy) is 1. The molecule has 11 heavy (non-hydrogen) atoms. The van der Waals surface area contributed by atoms with Gasteiger partial charge in [0.25, 0.3) is 0 Å². The number of nitrogens with zero attached hydrogens (tertiary/aromatic N) is 2. The summed E-state index contributed by atoms with van der Waals surface area (Å²) in [5.41, 5.74) is 0.565. The maximum absolute atomic E-state index is 10.1. The topological polar surface area (TPSA) is 64.4 Å². The van der Waals surface area contributed by atoms with E-state index in [-0.39, 0.29) is 5.75 Å². The third-order valence-electron chi connectivity index (χ3n) is 1.17. The highest BCUT2D eigenvalue weighted by molar-refractivity contribution is 5.61. The third-order valence-corrected chi connectivity index (χ3v) is 1.17. The predicted octanol–water partition coefficient (Wildman–Crippen LogP) is 0.785. The zero-order valence-electron chi connectivity index (χ0n) is 6.24. The molecule has 0 radical (unpaired) electrons. The lowest BCUT2D eigenvalue weighted by molar-refractivity contribution is 0.144. The number of hydrogen-bond donors (Lipinski definition) is 1. The van der Waals surface area contributed by atoms with Crippen LogP contribution in [-0.4, -0.2) is 21.0 Å². The van der Waals surface area contributed by atoms with Gasteiger partial charge in [0.05, 0.1) is 6.20 Å². The minimum absolute atomic E-state index is 0.278. The Labute approximate surface area is 63.2 Å². The van der Waals surface area contributed by atoms with E-state index in [4.69, 9.17) is 5.11 Å². The Morgan fingerprint density at radius 2 is 2.45 bits per heavy atom. The van der Waals surface area contributed by atoms with Crippen molar-refractivity contribution in [1.29, 1.82) is 0 Å². The Balaban J connectivity index is 2.85. The van der Waals surface area contributed by atoms with Gasteiger partial charge in [-0.2, -0.15) is 5.10 Å². The van der Waals surface area contributed by atoms with Crippen molar-refractivity contribution in [1.82, 2.24) is 9.78 Å². The summed E-state index contributed by atoms with van der Waals surface area (Å²) in [4.78, 5) is 10.1. The fourth-order valence-electron chi connectivity index (χ4n) is 0.772. The van der Waals surface area contributed by atoms with E-state index in [1.54, 1.807) is 14.0 Å². The molecule has 0 saturated carbocycles. The van der Waals surface area contributed by atoms with E-state index >= 15 is 0 Å². The standard InChI is InChI=1S/C6H8N2O3/c1-4-5(11-6(9)10)3-8(2)7-4/h3H,1-2H3,(H,9,10). The Bertz CT molecular complexity index is 279. The van der Waals surface area contributed by atoms with Crippen molar-refractivity contribution in [3.63, 3.8) is 0 Å². The first kappa shape index (κ1) is 7.59. The second-order valence-corrected chi connectivity index (χ2v) is 2.12. The molecular formula is C6H8N2O3. The molecule has 1 rings (SSSR count). The van der Waals surface area contributed by atoms with E-state index in [2.05, 4.69) is 9.84 Å². The van der Waals surface area contributed by atoms with Gasteiger partial charge >= 0.3 is 6.16 Å². The lowest BCUT2D eigenvalue weighted by Gasteiger charge is -1.93. The molecule has 0 fully saturated rings. The van der Waals surface area contributed by atoms with Crippen molar-refractivity contribution in [2.75, 3.05) is 0 Å². The molecular weight excluding hydrogens is 148 g/mol. The molecule has 1 aromatic heterocycles.